The number of rotatable bonds is 10. The Bertz CT molecular complexity index is 382. The number of aliphatic hydroxyl groups is 1. The van der Waals surface area contributed by atoms with E-state index in [2.05, 4.69) is 12.2 Å². The molecule has 0 aliphatic carbocycles. The van der Waals surface area contributed by atoms with Gasteiger partial charge in [0.05, 0.1) is 13.7 Å². The van der Waals surface area contributed by atoms with Crippen molar-refractivity contribution in [2.45, 2.75) is 33.2 Å². The molecule has 0 radical (unpaired) electrons. The van der Waals surface area contributed by atoms with Gasteiger partial charge in [-0.15, -0.1) is 0 Å². The van der Waals surface area contributed by atoms with Crippen molar-refractivity contribution in [2.24, 2.45) is 5.92 Å². The van der Waals surface area contributed by atoms with E-state index in [1.54, 1.807) is 7.11 Å². The number of hydrogen-bond donors (Lipinski definition) is 2. The predicted molar refractivity (Wildman–Crippen MR) is 81.4 cm³/mol. The largest absolute Gasteiger partial charge is 0.493 e. The van der Waals surface area contributed by atoms with E-state index >= 15 is 0 Å². The highest BCUT2D eigenvalue weighted by Crippen LogP contribution is 2.27. The molecule has 1 atom stereocenters. The number of ether oxygens (including phenoxy) is 2. The minimum absolute atomic E-state index is 0.274. The third-order valence-corrected chi connectivity index (χ3v) is 3.22. The zero-order valence-electron chi connectivity index (χ0n) is 12.8. The lowest BCUT2D eigenvalue weighted by atomic mass is 10.1. The summed E-state index contributed by atoms with van der Waals surface area (Å²) >= 11 is 0. The SMILES string of the molecule is CCOc1cc(CNCCCC(C)CO)ccc1OC. The van der Waals surface area contributed by atoms with Crippen LogP contribution in [0.5, 0.6) is 11.5 Å². The normalized spacial score (nSPS) is 12.2. The van der Waals surface area contributed by atoms with E-state index in [1.165, 1.54) is 5.56 Å². The van der Waals surface area contributed by atoms with Gasteiger partial charge in [-0.1, -0.05) is 13.0 Å². The molecule has 2 N–H and O–H groups in total. The van der Waals surface area contributed by atoms with Crippen LogP contribution in [0.1, 0.15) is 32.3 Å². The molecule has 0 saturated heterocycles. The number of methoxy groups -OCH3 is 1. The lowest BCUT2D eigenvalue weighted by Crippen LogP contribution is -2.16. The summed E-state index contributed by atoms with van der Waals surface area (Å²) in [4.78, 5) is 0. The van der Waals surface area contributed by atoms with Crippen LogP contribution in [0.3, 0.4) is 0 Å². The van der Waals surface area contributed by atoms with Crippen molar-refractivity contribution in [3.8, 4) is 11.5 Å². The Kier molecular flexibility index (Phi) is 8.07. The molecule has 0 bridgehead atoms. The van der Waals surface area contributed by atoms with Crippen molar-refractivity contribution in [1.29, 1.82) is 0 Å². The molecule has 114 valence electrons. The summed E-state index contributed by atoms with van der Waals surface area (Å²) in [7, 11) is 1.65. The van der Waals surface area contributed by atoms with Crippen LogP contribution < -0.4 is 14.8 Å². The van der Waals surface area contributed by atoms with E-state index in [0.29, 0.717) is 12.5 Å². The van der Waals surface area contributed by atoms with Crippen molar-refractivity contribution in [3.05, 3.63) is 23.8 Å². The fourth-order valence-electron chi connectivity index (χ4n) is 2.00. The van der Waals surface area contributed by atoms with Crippen molar-refractivity contribution in [1.82, 2.24) is 5.32 Å². The summed E-state index contributed by atoms with van der Waals surface area (Å²) in [6, 6.07) is 6.01. The van der Waals surface area contributed by atoms with E-state index in [-0.39, 0.29) is 6.61 Å². The fraction of sp³-hybridized carbons (Fsp3) is 0.625. The zero-order valence-corrected chi connectivity index (χ0v) is 12.8. The monoisotopic (exact) mass is 281 g/mol. The maximum atomic E-state index is 8.95. The van der Waals surface area contributed by atoms with Gasteiger partial charge in [0.25, 0.3) is 0 Å². The van der Waals surface area contributed by atoms with E-state index in [9.17, 15) is 0 Å². The highest BCUT2D eigenvalue weighted by molar-refractivity contribution is 5.42. The van der Waals surface area contributed by atoms with Crippen LogP contribution in [0.25, 0.3) is 0 Å². The summed E-state index contributed by atoms with van der Waals surface area (Å²) in [5.74, 6) is 1.96. The smallest absolute Gasteiger partial charge is 0.161 e. The number of benzene rings is 1. The second-order valence-electron chi connectivity index (χ2n) is 5.02. The van der Waals surface area contributed by atoms with Gasteiger partial charge in [-0.3, -0.25) is 0 Å². The molecule has 0 aromatic heterocycles. The van der Waals surface area contributed by atoms with E-state index in [4.69, 9.17) is 14.6 Å². The Morgan fingerprint density at radius 2 is 2.10 bits per heavy atom. The van der Waals surface area contributed by atoms with Gasteiger partial charge in [-0.25, -0.2) is 0 Å². The molecule has 1 rings (SSSR count). The summed E-state index contributed by atoms with van der Waals surface area (Å²) in [5.41, 5.74) is 1.18. The van der Waals surface area contributed by atoms with Gasteiger partial charge in [-0.05, 0) is 49.9 Å². The first-order valence-corrected chi connectivity index (χ1v) is 7.32. The third kappa shape index (κ3) is 5.80. The molecule has 4 nitrogen and oxygen atoms in total. The van der Waals surface area contributed by atoms with Crippen LogP contribution in [0.4, 0.5) is 0 Å². The Hall–Kier alpha value is -1.26. The van der Waals surface area contributed by atoms with Crippen LogP contribution in [0, 0.1) is 5.92 Å². The van der Waals surface area contributed by atoms with Crippen LogP contribution in [0.15, 0.2) is 18.2 Å². The maximum Gasteiger partial charge on any atom is 0.161 e. The quantitative estimate of drug-likeness (QED) is 0.647. The Morgan fingerprint density at radius 1 is 1.30 bits per heavy atom. The summed E-state index contributed by atoms with van der Waals surface area (Å²) in [6.45, 7) is 6.71. The predicted octanol–water partition coefficient (Wildman–Crippen LogP) is 2.59. The van der Waals surface area contributed by atoms with Gasteiger partial charge in [-0.2, -0.15) is 0 Å². The lowest BCUT2D eigenvalue weighted by molar-refractivity contribution is 0.228. The molecular weight excluding hydrogens is 254 g/mol. The lowest BCUT2D eigenvalue weighted by Gasteiger charge is -2.12. The number of aliphatic hydroxyl groups excluding tert-OH is 1. The fourth-order valence-corrected chi connectivity index (χ4v) is 2.00. The Morgan fingerprint density at radius 3 is 2.75 bits per heavy atom. The van der Waals surface area contributed by atoms with Crippen molar-refractivity contribution in [3.63, 3.8) is 0 Å². The minimum Gasteiger partial charge on any atom is -0.493 e. The third-order valence-electron chi connectivity index (χ3n) is 3.22. The molecule has 0 spiro atoms. The van der Waals surface area contributed by atoms with Crippen LogP contribution in [-0.4, -0.2) is 32.0 Å². The number of nitrogens with one attached hydrogen (secondary N) is 1. The summed E-state index contributed by atoms with van der Waals surface area (Å²) in [6.07, 6.45) is 2.13. The first-order chi connectivity index (χ1) is 9.71. The molecule has 0 amide bonds. The first-order valence-electron chi connectivity index (χ1n) is 7.32. The van der Waals surface area contributed by atoms with Gasteiger partial charge >= 0.3 is 0 Å². The standard InChI is InChI=1S/C16H27NO3/c1-4-20-16-10-14(7-8-15(16)19-3)11-17-9-5-6-13(2)12-18/h7-8,10,13,17-18H,4-6,9,11-12H2,1-3H3. The second-order valence-corrected chi connectivity index (χ2v) is 5.02. The van der Waals surface area contributed by atoms with Crippen molar-refractivity contribution >= 4 is 0 Å². The highest BCUT2D eigenvalue weighted by atomic mass is 16.5. The molecule has 20 heavy (non-hydrogen) atoms. The molecule has 0 fully saturated rings. The highest BCUT2D eigenvalue weighted by Gasteiger charge is 2.05. The zero-order chi connectivity index (χ0) is 14.8. The first kappa shape index (κ1) is 16.8. The van der Waals surface area contributed by atoms with E-state index in [0.717, 1.165) is 37.4 Å². The van der Waals surface area contributed by atoms with Gasteiger partial charge < -0.3 is 19.9 Å². The summed E-state index contributed by atoms with van der Waals surface area (Å²) in [5, 5.41) is 12.4. The molecule has 1 aromatic rings. The molecular formula is C16H27NO3. The molecule has 1 unspecified atom stereocenters. The summed E-state index contributed by atoms with van der Waals surface area (Å²) < 4.78 is 10.8. The molecule has 0 saturated carbocycles. The topological polar surface area (TPSA) is 50.7 Å². The average Bonchev–Trinajstić information content (AvgIpc) is 2.47. The Labute approximate surface area is 122 Å². The van der Waals surface area contributed by atoms with E-state index in [1.807, 2.05) is 25.1 Å². The second kappa shape index (κ2) is 9.61. The van der Waals surface area contributed by atoms with E-state index < -0.39 is 0 Å². The van der Waals surface area contributed by atoms with Crippen LogP contribution in [-0.2, 0) is 6.54 Å². The molecule has 0 aliphatic heterocycles. The molecule has 0 aliphatic rings. The molecule has 1 aromatic carbocycles. The van der Waals surface area contributed by atoms with Gasteiger partial charge in [0.2, 0.25) is 0 Å². The van der Waals surface area contributed by atoms with Gasteiger partial charge in [0.1, 0.15) is 0 Å². The van der Waals surface area contributed by atoms with Gasteiger partial charge in [0.15, 0.2) is 11.5 Å². The van der Waals surface area contributed by atoms with Crippen LogP contribution >= 0.6 is 0 Å². The van der Waals surface area contributed by atoms with Crippen LogP contribution in [0.2, 0.25) is 0 Å². The maximum absolute atomic E-state index is 8.95. The number of hydrogen-bond acceptors (Lipinski definition) is 4. The van der Waals surface area contributed by atoms with Crippen molar-refractivity contribution in [2.75, 3.05) is 26.9 Å². The van der Waals surface area contributed by atoms with Gasteiger partial charge in [0, 0.05) is 13.2 Å². The average molecular weight is 281 g/mol. The molecule has 0 heterocycles. The Balaban J connectivity index is 2.38. The van der Waals surface area contributed by atoms with Crippen molar-refractivity contribution < 1.29 is 14.6 Å². The molecule has 4 heteroatoms. The minimum atomic E-state index is 0.274.